The molecule has 18 heavy (non-hydrogen) atoms. The first-order chi connectivity index (χ1) is 8.78. The van der Waals surface area contributed by atoms with E-state index in [2.05, 4.69) is 22.9 Å². The fourth-order valence-corrected chi connectivity index (χ4v) is 2.57. The highest BCUT2D eigenvalue weighted by molar-refractivity contribution is 7.80. The molecule has 1 aromatic heterocycles. The van der Waals surface area contributed by atoms with Crippen LogP contribution in [0.25, 0.3) is 11.0 Å². The average Bonchev–Trinajstić information content (AvgIpc) is 2.97. The summed E-state index contributed by atoms with van der Waals surface area (Å²) in [5, 5.41) is 7.69. The van der Waals surface area contributed by atoms with Crippen molar-refractivity contribution in [2.45, 2.75) is 13.0 Å². The maximum absolute atomic E-state index is 11.9. The Morgan fingerprint density at radius 3 is 3.11 bits per heavy atom. The predicted octanol–water partition coefficient (Wildman–Crippen LogP) is 1.50. The van der Waals surface area contributed by atoms with Crippen molar-refractivity contribution < 1.29 is 9.42 Å². The van der Waals surface area contributed by atoms with E-state index in [0.717, 1.165) is 28.9 Å². The zero-order valence-corrected chi connectivity index (χ0v) is 10.6. The quantitative estimate of drug-likeness (QED) is 0.853. The number of benzene rings is 1. The Hall–Kier alpha value is -1.56. The first-order valence-electron chi connectivity index (χ1n) is 5.86. The number of hydrogen-bond donors (Lipinski definition) is 1. The van der Waals surface area contributed by atoms with Gasteiger partial charge in [-0.3, -0.25) is 4.79 Å². The van der Waals surface area contributed by atoms with Crippen molar-refractivity contribution in [3.8, 4) is 0 Å². The molecule has 6 heteroatoms. The van der Waals surface area contributed by atoms with Crippen molar-refractivity contribution >= 4 is 29.6 Å². The van der Waals surface area contributed by atoms with Gasteiger partial charge in [-0.2, -0.15) is 12.6 Å². The van der Waals surface area contributed by atoms with Crippen molar-refractivity contribution in [1.29, 1.82) is 0 Å². The zero-order valence-electron chi connectivity index (χ0n) is 9.74. The molecule has 1 fully saturated rings. The third kappa shape index (κ3) is 1.96. The Balaban J connectivity index is 1.84. The summed E-state index contributed by atoms with van der Waals surface area (Å²) in [5.74, 6) is 1.29. The van der Waals surface area contributed by atoms with Gasteiger partial charge in [0, 0.05) is 25.1 Å². The summed E-state index contributed by atoms with van der Waals surface area (Å²) in [7, 11) is 0. The van der Waals surface area contributed by atoms with Gasteiger partial charge in [0.2, 0.25) is 5.91 Å². The molecule has 1 aromatic carbocycles. The van der Waals surface area contributed by atoms with Crippen molar-refractivity contribution in [3.05, 3.63) is 23.8 Å². The van der Waals surface area contributed by atoms with E-state index in [-0.39, 0.29) is 5.91 Å². The van der Waals surface area contributed by atoms with Gasteiger partial charge in [-0.15, -0.1) is 0 Å². The first-order valence-corrected chi connectivity index (χ1v) is 6.50. The van der Waals surface area contributed by atoms with Crippen molar-refractivity contribution in [2.75, 3.05) is 12.3 Å². The number of likely N-dealkylation sites (tertiary alicyclic amines) is 1. The summed E-state index contributed by atoms with van der Waals surface area (Å²) in [4.78, 5) is 13.7. The molecule has 1 amide bonds. The molecule has 0 N–H and O–H groups in total. The van der Waals surface area contributed by atoms with Crippen molar-refractivity contribution in [3.63, 3.8) is 0 Å². The number of amides is 1. The number of nitrogens with zero attached hydrogens (tertiary/aromatic N) is 3. The van der Waals surface area contributed by atoms with Crippen LogP contribution in [0.1, 0.15) is 12.0 Å². The largest absolute Gasteiger partial charge is 0.338 e. The van der Waals surface area contributed by atoms with Crippen LogP contribution in [0.15, 0.2) is 22.8 Å². The maximum Gasteiger partial charge on any atom is 0.223 e. The lowest BCUT2D eigenvalue weighted by atomic mass is 10.1. The molecule has 0 spiro atoms. The van der Waals surface area contributed by atoms with Gasteiger partial charge < -0.3 is 4.90 Å². The fraction of sp³-hybridized carbons (Fsp3) is 0.417. The van der Waals surface area contributed by atoms with Crippen LogP contribution in [0, 0.1) is 5.92 Å². The summed E-state index contributed by atoms with van der Waals surface area (Å²) < 4.78 is 4.72. The molecule has 2 heterocycles. The summed E-state index contributed by atoms with van der Waals surface area (Å²) in [5.41, 5.74) is 2.44. The second-order valence-corrected chi connectivity index (χ2v) is 4.94. The molecule has 1 aliphatic rings. The van der Waals surface area contributed by atoms with Gasteiger partial charge in [0.25, 0.3) is 0 Å². The molecule has 5 nitrogen and oxygen atoms in total. The topological polar surface area (TPSA) is 59.2 Å². The normalized spacial score (nSPS) is 19.9. The van der Waals surface area contributed by atoms with Crippen molar-refractivity contribution in [2.24, 2.45) is 5.92 Å². The number of hydrogen-bond acceptors (Lipinski definition) is 5. The number of carbonyl (C=O) groups excluding carboxylic acids is 1. The van der Waals surface area contributed by atoms with Gasteiger partial charge in [0.15, 0.2) is 0 Å². The predicted molar refractivity (Wildman–Crippen MR) is 69.2 cm³/mol. The lowest BCUT2D eigenvalue weighted by molar-refractivity contribution is -0.128. The lowest BCUT2D eigenvalue weighted by Gasteiger charge is -2.16. The second-order valence-electron chi connectivity index (χ2n) is 4.58. The Kier molecular flexibility index (Phi) is 2.95. The number of thiol groups is 1. The summed E-state index contributed by atoms with van der Waals surface area (Å²) in [6, 6.07) is 5.70. The maximum atomic E-state index is 11.9. The standard InChI is InChI=1S/C12H13N3O2S/c16-11-4-8(7-18)5-15(11)6-9-2-1-3-10-12(9)14-17-13-10/h1-3,8,18H,4-7H2. The van der Waals surface area contributed by atoms with E-state index in [1.54, 1.807) is 0 Å². The van der Waals surface area contributed by atoms with Crippen LogP contribution in [0.5, 0.6) is 0 Å². The molecule has 2 aromatic rings. The number of carbonyl (C=O) groups is 1. The van der Waals surface area contributed by atoms with Gasteiger partial charge in [-0.25, -0.2) is 4.63 Å². The molecule has 0 radical (unpaired) electrons. The van der Waals surface area contributed by atoms with Gasteiger partial charge >= 0.3 is 0 Å². The molecule has 0 bridgehead atoms. The summed E-state index contributed by atoms with van der Waals surface area (Å²) >= 11 is 4.26. The van der Waals surface area contributed by atoms with Gasteiger partial charge in [0.1, 0.15) is 11.0 Å². The fourth-order valence-electron chi connectivity index (χ4n) is 2.32. The summed E-state index contributed by atoms with van der Waals surface area (Å²) in [6.07, 6.45) is 0.594. The molecule has 1 saturated heterocycles. The highest BCUT2D eigenvalue weighted by Crippen LogP contribution is 2.23. The van der Waals surface area contributed by atoms with Crippen LogP contribution in [-0.4, -0.2) is 33.4 Å². The van der Waals surface area contributed by atoms with E-state index in [1.807, 2.05) is 23.1 Å². The third-order valence-corrected chi connectivity index (χ3v) is 3.80. The minimum atomic E-state index is 0.183. The molecule has 1 aliphatic heterocycles. The molecular formula is C12H13N3O2S. The number of rotatable bonds is 3. The molecule has 94 valence electrons. The van der Waals surface area contributed by atoms with Gasteiger partial charge in [-0.1, -0.05) is 12.1 Å². The van der Waals surface area contributed by atoms with Crippen LogP contribution < -0.4 is 0 Å². The monoisotopic (exact) mass is 263 g/mol. The van der Waals surface area contributed by atoms with E-state index in [1.165, 1.54) is 0 Å². The van der Waals surface area contributed by atoms with E-state index in [0.29, 0.717) is 18.9 Å². The Bertz CT molecular complexity index is 583. The third-order valence-electron chi connectivity index (χ3n) is 3.28. The Labute approximate surface area is 110 Å². The van der Waals surface area contributed by atoms with Gasteiger partial charge in [-0.05, 0) is 28.1 Å². The molecule has 0 aliphatic carbocycles. The Morgan fingerprint density at radius 1 is 1.44 bits per heavy atom. The SMILES string of the molecule is O=C1CC(CS)CN1Cc1cccc2nonc12. The summed E-state index contributed by atoms with van der Waals surface area (Å²) in [6.45, 7) is 1.33. The Morgan fingerprint density at radius 2 is 2.33 bits per heavy atom. The second kappa shape index (κ2) is 4.61. The van der Waals surface area contributed by atoms with Gasteiger partial charge in [0.05, 0.1) is 0 Å². The molecule has 3 rings (SSSR count). The highest BCUT2D eigenvalue weighted by Gasteiger charge is 2.28. The number of fused-ring (bicyclic) bond motifs is 1. The zero-order chi connectivity index (χ0) is 12.5. The molecule has 0 saturated carbocycles. The van der Waals surface area contributed by atoms with Crippen LogP contribution in [0.2, 0.25) is 0 Å². The lowest BCUT2D eigenvalue weighted by Crippen LogP contribution is -2.24. The van der Waals surface area contributed by atoms with E-state index in [4.69, 9.17) is 4.63 Å². The van der Waals surface area contributed by atoms with Crippen LogP contribution >= 0.6 is 12.6 Å². The molecular weight excluding hydrogens is 250 g/mol. The highest BCUT2D eigenvalue weighted by atomic mass is 32.1. The molecule has 1 atom stereocenters. The van der Waals surface area contributed by atoms with E-state index in [9.17, 15) is 4.79 Å². The minimum absolute atomic E-state index is 0.183. The smallest absolute Gasteiger partial charge is 0.223 e. The van der Waals surface area contributed by atoms with Crippen LogP contribution in [-0.2, 0) is 11.3 Å². The average molecular weight is 263 g/mol. The number of aromatic nitrogens is 2. The van der Waals surface area contributed by atoms with Crippen LogP contribution in [0.3, 0.4) is 0 Å². The minimum Gasteiger partial charge on any atom is -0.338 e. The van der Waals surface area contributed by atoms with E-state index >= 15 is 0 Å². The van der Waals surface area contributed by atoms with E-state index < -0.39 is 0 Å². The first kappa shape index (κ1) is 11.5. The van der Waals surface area contributed by atoms with Crippen molar-refractivity contribution in [1.82, 2.24) is 15.2 Å². The van der Waals surface area contributed by atoms with Crippen LogP contribution in [0.4, 0.5) is 0 Å². The molecule has 1 unspecified atom stereocenters.